The Morgan fingerprint density at radius 3 is 2.41 bits per heavy atom. The smallest absolute Gasteiger partial charge is 0.191 e. The van der Waals surface area contributed by atoms with Crippen LogP contribution in [0.3, 0.4) is 0 Å². The molecular formula is C16H30N4OS. The Morgan fingerprint density at radius 2 is 1.91 bits per heavy atom. The summed E-state index contributed by atoms with van der Waals surface area (Å²) in [5.74, 6) is 0.757. The summed E-state index contributed by atoms with van der Waals surface area (Å²) in [6.45, 7) is 12.2. The van der Waals surface area contributed by atoms with Gasteiger partial charge in [-0.3, -0.25) is 4.99 Å². The van der Waals surface area contributed by atoms with E-state index in [2.05, 4.69) is 27.5 Å². The Hall–Kier alpha value is -1.14. The average Bonchev–Trinajstić information content (AvgIpc) is 2.83. The number of nitrogens with one attached hydrogen (secondary N) is 2. The van der Waals surface area contributed by atoms with Crippen LogP contribution in [-0.4, -0.2) is 41.3 Å². The lowest BCUT2D eigenvalue weighted by Crippen LogP contribution is -2.40. The van der Waals surface area contributed by atoms with Gasteiger partial charge in [0.25, 0.3) is 0 Å². The standard InChI is InChI=1S/C16H30N4OS/c1-6-16(21,7-2)11-19-15(17-8-3)18-10-9-14-20-12(4)13(5)22-14/h21H,6-11H2,1-5H3,(H2,17,18,19). The van der Waals surface area contributed by atoms with E-state index in [0.29, 0.717) is 19.4 Å². The first-order valence-electron chi connectivity index (χ1n) is 8.11. The summed E-state index contributed by atoms with van der Waals surface area (Å²) in [5.41, 5.74) is 0.419. The molecule has 0 amide bonds. The van der Waals surface area contributed by atoms with Crippen molar-refractivity contribution in [2.45, 2.75) is 59.5 Å². The molecule has 1 aromatic rings. The van der Waals surface area contributed by atoms with Gasteiger partial charge in [0.2, 0.25) is 0 Å². The summed E-state index contributed by atoms with van der Waals surface area (Å²) in [7, 11) is 0. The lowest BCUT2D eigenvalue weighted by atomic mass is 9.98. The van der Waals surface area contributed by atoms with Gasteiger partial charge in [-0.15, -0.1) is 11.3 Å². The normalized spacial score (nSPS) is 12.5. The van der Waals surface area contributed by atoms with Crippen molar-refractivity contribution in [2.75, 3.05) is 19.6 Å². The van der Waals surface area contributed by atoms with E-state index < -0.39 is 5.60 Å². The van der Waals surface area contributed by atoms with E-state index in [4.69, 9.17) is 0 Å². The van der Waals surface area contributed by atoms with E-state index >= 15 is 0 Å². The van der Waals surface area contributed by atoms with Crippen LogP contribution in [0.4, 0.5) is 0 Å². The van der Waals surface area contributed by atoms with E-state index in [9.17, 15) is 5.11 Å². The Bertz CT molecular complexity index is 461. The molecule has 0 aliphatic heterocycles. The van der Waals surface area contributed by atoms with Crippen molar-refractivity contribution in [3.8, 4) is 0 Å². The summed E-state index contributed by atoms with van der Waals surface area (Å²) in [4.78, 5) is 10.3. The first kappa shape index (κ1) is 18.9. The molecular weight excluding hydrogens is 296 g/mol. The maximum Gasteiger partial charge on any atom is 0.191 e. The molecule has 22 heavy (non-hydrogen) atoms. The molecule has 0 aliphatic rings. The van der Waals surface area contributed by atoms with Gasteiger partial charge < -0.3 is 15.7 Å². The van der Waals surface area contributed by atoms with Gasteiger partial charge in [-0.1, -0.05) is 13.8 Å². The molecule has 126 valence electrons. The summed E-state index contributed by atoms with van der Waals surface area (Å²) in [5, 5.41) is 18.0. The van der Waals surface area contributed by atoms with Crippen molar-refractivity contribution in [2.24, 2.45) is 4.99 Å². The molecule has 0 radical (unpaired) electrons. The summed E-state index contributed by atoms with van der Waals surface area (Å²) in [6.07, 6.45) is 2.31. The zero-order chi connectivity index (χ0) is 16.6. The quantitative estimate of drug-likeness (QED) is 0.507. The number of hydrogen-bond acceptors (Lipinski definition) is 4. The maximum absolute atomic E-state index is 10.3. The SMILES string of the molecule is CCNC(=NCC(O)(CC)CC)NCCc1nc(C)c(C)s1. The second-order valence-electron chi connectivity index (χ2n) is 5.55. The van der Waals surface area contributed by atoms with E-state index in [0.717, 1.165) is 36.2 Å². The fourth-order valence-electron chi connectivity index (χ4n) is 1.98. The summed E-state index contributed by atoms with van der Waals surface area (Å²) < 4.78 is 0. The molecule has 0 saturated heterocycles. The van der Waals surface area contributed by atoms with Gasteiger partial charge >= 0.3 is 0 Å². The zero-order valence-corrected chi connectivity index (χ0v) is 15.3. The number of aryl methyl sites for hydroxylation is 2. The Morgan fingerprint density at radius 1 is 1.23 bits per heavy atom. The fourth-order valence-corrected chi connectivity index (χ4v) is 2.91. The van der Waals surface area contributed by atoms with Crippen LogP contribution < -0.4 is 10.6 Å². The maximum atomic E-state index is 10.3. The van der Waals surface area contributed by atoms with Crippen molar-refractivity contribution >= 4 is 17.3 Å². The van der Waals surface area contributed by atoms with E-state index in [-0.39, 0.29) is 0 Å². The molecule has 3 N–H and O–H groups in total. The fraction of sp³-hybridized carbons (Fsp3) is 0.750. The van der Waals surface area contributed by atoms with Gasteiger partial charge in [0.1, 0.15) is 0 Å². The number of aromatic nitrogens is 1. The molecule has 0 saturated carbocycles. The third kappa shape index (κ3) is 5.93. The van der Waals surface area contributed by atoms with Crippen LogP contribution in [0.1, 0.15) is 49.2 Å². The highest BCUT2D eigenvalue weighted by atomic mass is 32.1. The molecule has 1 rings (SSSR count). The van der Waals surface area contributed by atoms with Crippen molar-refractivity contribution in [1.29, 1.82) is 0 Å². The van der Waals surface area contributed by atoms with E-state index in [1.54, 1.807) is 11.3 Å². The van der Waals surface area contributed by atoms with Gasteiger partial charge in [0.15, 0.2) is 5.96 Å². The molecule has 0 fully saturated rings. The zero-order valence-electron chi connectivity index (χ0n) is 14.5. The molecule has 1 aromatic heterocycles. The highest BCUT2D eigenvalue weighted by Crippen LogP contribution is 2.16. The molecule has 0 spiro atoms. The van der Waals surface area contributed by atoms with Crippen LogP contribution in [0, 0.1) is 13.8 Å². The largest absolute Gasteiger partial charge is 0.388 e. The molecule has 0 aliphatic carbocycles. The Kier molecular flexibility index (Phi) is 7.82. The van der Waals surface area contributed by atoms with Gasteiger partial charge in [0, 0.05) is 24.4 Å². The lowest BCUT2D eigenvalue weighted by Gasteiger charge is -2.23. The predicted octanol–water partition coefficient (Wildman–Crippen LogP) is 2.41. The third-order valence-corrected chi connectivity index (χ3v) is 5.03. The number of aliphatic imine (C=N–C) groups is 1. The summed E-state index contributed by atoms with van der Waals surface area (Å²) in [6, 6.07) is 0. The van der Waals surface area contributed by atoms with Gasteiger partial charge in [-0.05, 0) is 33.6 Å². The predicted molar refractivity (Wildman–Crippen MR) is 94.8 cm³/mol. The molecule has 0 bridgehead atoms. The number of guanidine groups is 1. The van der Waals surface area contributed by atoms with E-state index in [1.807, 2.05) is 27.7 Å². The number of hydrogen-bond donors (Lipinski definition) is 3. The molecule has 6 heteroatoms. The minimum atomic E-state index is -0.702. The highest BCUT2D eigenvalue weighted by molar-refractivity contribution is 7.11. The molecule has 0 unspecified atom stereocenters. The van der Waals surface area contributed by atoms with Crippen LogP contribution in [0.25, 0.3) is 0 Å². The Labute approximate surface area is 138 Å². The highest BCUT2D eigenvalue weighted by Gasteiger charge is 2.21. The average molecular weight is 327 g/mol. The van der Waals surface area contributed by atoms with Crippen LogP contribution in [0.15, 0.2) is 4.99 Å². The lowest BCUT2D eigenvalue weighted by molar-refractivity contribution is 0.0418. The van der Waals surface area contributed by atoms with Crippen LogP contribution >= 0.6 is 11.3 Å². The van der Waals surface area contributed by atoms with E-state index in [1.165, 1.54) is 4.88 Å². The molecule has 5 nitrogen and oxygen atoms in total. The molecule has 1 heterocycles. The van der Waals surface area contributed by atoms with Crippen molar-refractivity contribution in [3.63, 3.8) is 0 Å². The van der Waals surface area contributed by atoms with Gasteiger partial charge in [0.05, 0.1) is 22.8 Å². The Balaban J connectivity index is 2.53. The number of nitrogens with zero attached hydrogens (tertiary/aromatic N) is 2. The monoisotopic (exact) mass is 326 g/mol. The van der Waals surface area contributed by atoms with Crippen molar-refractivity contribution in [3.05, 3.63) is 15.6 Å². The second-order valence-corrected chi connectivity index (χ2v) is 6.84. The number of thiazole rings is 1. The van der Waals surface area contributed by atoms with Gasteiger partial charge in [-0.25, -0.2) is 4.98 Å². The molecule has 0 atom stereocenters. The van der Waals surface area contributed by atoms with Crippen molar-refractivity contribution < 1.29 is 5.11 Å². The van der Waals surface area contributed by atoms with Crippen LogP contribution in [0.2, 0.25) is 0 Å². The minimum Gasteiger partial charge on any atom is -0.388 e. The summed E-state index contributed by atoms with van der Waals surface area (Å²) >= 11 is 1.75. The number of aliphatic hydroxyl groups is 1. The van der Waals surface area contributed by atoms with Crippen LogP contribution in [0.5, 0.6) is 0 Å². The minimum absolute atomic E-state index is 0.421. The molecule has 0 aromatic carbocycles. The van der Waals surface area contributed by atoms with Crippen LogP contribution in [-0.2, 0) is 6.42 Å². The van der Waals surface area contributed by atoms with Gasteiger partial charge in [-0.2, -0.15) is 0 Å². The topological polar surface area (TPSA) is 69.5 Å². The first-order chi connectivity index (χ1) is 10.4. The first-order valence-corrected chi connectivity index (χ1v) is 8.93. The van der Waals surface area contributed by atoms with Crippen molar-refractivity contribution in [1.82, 2.24) is 15.6 Å². The number of rotatable bonds is 8. The second kappa shape index (κ2) is 9.10. The third-order valence-electron chi connectivity index (χ3n) is 3.90.